The highest BCUT2D eigenvalue weighted by atomic mass is 35.5. The highest BCUT2D eigenvalue weighted by molar-refractivity contribution is 6.29. The minimum Gasteiger partial charge on any atom is -0.357 e. The van der Waals surface area contributed by atoms with Crippen LogP contribution in [0.25, 0.3) is 0 Å². The highest BCUT2D eigenvalue weighted by Crippen LogP contribution is 2.06. The highest BCUT2D eigenvalue weighted by Gasteiger charge is 1.99. The summed E-state index contributed by atoms with van der Waals surface area (Å²) in [6.07, 6.45) is 2.68. The molecule has 2 aromatic rings. The van der Waals surface area contributed by atoms with Crippen molar-refractivity contribution in [2.24, 2.45) is 4.99 Å². The Morgan fingerprint density at radius 2 is 2.04 bits per heavy atom. The van der Waals surface area contributed by atoms with Crippen LogP contribution in [-0.2, 0) is 13.0 Å². The summed E-state index contributed by atoms with van der Waals surface area (Å²) in [6, 6.07) is 12.2. The number of hydrogen-bond donors (Lipinski definition) is 2. The first kappa shape index (κ1) is 17.3. The number of aliphatic imine (C=N–C) groups is 1. The molecule has 1 aromatic carbocycles. The van der Waals surface area contributed by atoms with Crippen molar-refractivity contribution in [3.8, 4) is 0 Å². The summed E-state index contributed by atoms with van der Waals surface area (Å²) >= 11 is 5.79. The number of halogens is 1. The molecule has 0 fully saturated rings. The van der Waals surface area contributed by atoms with E-state index in [1.54, 1.807) is 6.20 Å². The zero-order chi connectivity index (χ0) is 16.5. The predicted octanol–water partition coefficient (Wildman–Crippen LogP) is 3.34. The first-order valence-electron chi connectivity index (χ1n) is 7.85. The van der Waals surface area contributed by atoms with Gasteiger partial charge in [0.2, 0.25) is 0 Å². The molecule has 2 N–H and O–H groups in total. The lowest BCUT2D eigenvalue weighted by atomic mass is 10.1. The van der Waals surface area contributed by atoms with E-state index in [1.807, 2.05) is 12.1 Å². The fraction of sp³-hybridized carbons (Fsp3) is 0.333. The minimum absolute atomic E-state index is 0.523. The van der Waals surface area contributed by atoms with Crippen LogP contribution in [0.4, 0.5) is 0 Å². The lowest BCUT2D eigenvalue weighted by Crippen LogP contribution is -2.38. The number of guanidine groups is 1. The van der Waals surface area contributed by atoms with E-state index >= 15 is 0 Å². The van der Waals surface area contributed by atoms with E-state index in [1.165, 1.54) is 11.1 Å². The fourth-order valence-corrected chi connectivity index (χ4v) is 2.31. The third kappa shape index (κ3) is 6.28. The van der Waals surface area contributed by atoms with Crippen molar-refractivity contribution in [1.29, 1.82) is 0 Å². The number of nitrogens with zero attached hydrogens (tertiary/aromatic N) is 2. The second kappa shape index (κ2) is 9.16. The SMILES string of the molecule is CCNC(=NCc1cccc(C)c1)NCCc1ccc(Cl)nc1. The third-order valence-electron chi connectivity index (χ3n) is 3.34. The predicted molar refractivity (Wildman–Crippen MR) is 96.9 cm³/mol. The maximum Gasteiger partial charge on any atom is 0.191 e. The molecule has 0 radical (unpaired) electrons. The van der Waals surface area contributed by atoms with Crippen molar-refractivity contribution < 1.29 is 0 Å². The number of rotatable bonds is 6. The molecular weight excluding hydrogens is 308 g/mol. The molecule has 1 aromatic heterocycles. The summed E-state index contributed by atoms with van der Waals surface area (Å²) < 4.78 is 0. The van der Waals surface area contributed by atoms with Gasteiger partial charge in [-0.1, -0.05) is 47.5 Å². The van der Waals surface area contributed by atoms with Crippen molar-refractivity contribution in [2.75, 3.05) is 13.1 Å². The summed E-state index contributed by atoms with van der Waals surface area (Å²) in [5.74, 6) is 0.830. The van der Waals surface area contributed by atoms with E-state index in [2.05, 4.69) is 58.7 Å². The number of nitrogens with one attached hydrogen (secondary N) is 2. The largest absolute Gasteiger partial charge is 0.357 e. The second-order valence-corrected chi connectivity index (χ2v) is 5.74. The topological polar surface area (TPSA) is 49.3 Å². The molecule has 0 spiro atoms. The normalized spacial score (nSPS) is 11.3. The Hall–Kier alpha value is -2.07. The van der Waals surface area contributed by atoms with Crippen LogP contribution in [0.1, 0.15) is 23.6 Å². The fourth-order valence-electron chi connectivity index (χ4n) is 2.20. The zero-order valence-corrected chi connectivity index (χ0v) is 14.4. The van der Waals surface area contributed by atoms with Crippen molar-refractivity contribution in [3.63, 3.8) is 0 Å². The summed E-state index contributed by atoms with van der Waals surface area (Å²) in [5.41, 5.74) is 3.62. The summed E-state index contributed by atoms with van der Waals surface area (Å²) in [5, 5.41) is 7.13. The summed E-state index contributed by atoms with van der Waals surface area (Å²) in [7, 11) is 0. The average molecular weight is 331 g/mol. The standard InChI is InChI=1S/C18H23ClN4/c1-3-20-18(23-13-16-6-4-5-14(2)11-16)21-10-9-15-7-8-17(19)22-12-15/h4-8,11-12H,3,9-10,13H2,1-2H3,(H2,20,21,23). The summed E-state index contributed by atoms with van der Waals surface area (Å²) in [6.45, 7) is 6.45. The van der Waals surface area contributed by atoms with Gasteiger partial charge in [0, 0.05) is 19.3 Å². The molecule has 0 saturated carbocycles. The van der Waals surface area contributed by atoms with Crippen molar-refractivity contribution >= 4 is 17.6 Å². The molecular formula is C18H23ClN4. The van der Waals surface area contributed by atoms with E-state index in [9.17, 15) is 0 Å². The molecule has 0 aliphatic rings. The van der Waals surface area contributed by atoms with Gasteiger partial charge in [0.15, 0.2) is 5.96 Å². The molecule has 23 heavy (non-hydrogen) atoms. The van der Waals surface area contributed by atoms with Crippen LogP contribution in [0.2, 0.25) is 5.15 Å². The quantitative estimate of drug-likeness (QED) is 0.485. The van der Waals surface area contributed by atoms with Gasteiger partial charge in [-0.15, -0.1) is 0 Å². The Labute approximate surface area is 143 Å². The minimum atomic E-state index is 0.523. The van der Waals surface area contributed by atoms with Gasteiger partial charge in [0.05, 0.1) is 6.54 Å². The molecule has 0 aliphatic heterocycles. The van der Waals surface area contributed by atoms with Crippen molar-refractivity contribution in [1.82, 2.24) is 15.6 Å². The molecule has 0 unspecified atom stereocenters. The lowest BCUT2D eigenvalue weighted by Gasteiger charge is -2.11. The monoisotopic (exact) mass is 330 g/mol. The first-order valence-corrected chi connectivity index (χ1v) is 8.23. The Morgan fingerprint density at radius 3 is 2.74 bits per heavy atom. The van der Waals surface area contributed by atoms with Gasteiger partial charge < -0.3 is 10.6 Å². The second-order valence-electron chi connectivity index (χ2n) is 5.35. The van der Waals surface area contributed by atoms with Crippen molar-refractivity contribution in [2.45, 2.75) is 26.8 Å². The maximum atomic E-state index is 5.79. The number of aromatic nitrogens is 1. The van der Waals surface area contributed by atoms with Crippen LogP contribution in [0.15, 0.2) is 47.6 Å². The molecule has 2 rings (SSSR count). The molecule has 122 valence electrons. The van der Waals surface area contributed by atoms with Gasteiger partial charge in [-0.2, -0.15) is 0 Å². The van der Waals surface area contributed by atoms with Gasteiger partial charge in [0.1, 0.15) is 5.15 Å². The van der Waals surface area contributed by atoms with Crippen molar-refractivity contribution in [3.05, 3.63) is 64.4 Å². The van der Waals surface area contributed by atoms with E-state index in [0.717, 1.165) is 31.0 Å². The van der Waals surface area contributed by atoms with Gasteiger partial charge in [-0.3, -0.25) is 0 Å². The van der Waals surface area contributed by atoms with Crippen LogP contribution in [0.3, 0.4) is 0 Å². The number of benzene rings is 1. The molecule has 0 atom stereocenters. The Morgan fingerprint density at radius 1 is 1.17 bits per heavy atom. The number of pyridine rings is 1. The molecule has 0 amide bonds. The molecule has 1 heterocycles. The third-order valence-corrected chi connectivity index (χ3v) is 3.56. The smallest absolute Gasteiger partial charge is 0.191 e. The Balaban J connectivity index is 1.87. The van der Waals surface area contributed by atoms with E-state index < -0.39 is 0 Å². The van der Waals surface area contributed by atoms with E-state index in [4.69, 9.17) is 11.6 Å². The molecule has 0 bridgehead atoms. The van der Waals surface area contributed by atoms with Gasteiger partial charge in [-0.05, 0) is 37.5 Å². The van der Waals surface area contributed by atoms with E-state index in [-0.39, 0.29) is 0 Å². The molecule has 5 heteroatoms. The average Bonchev–Trinajstić information content (AvgIpc) is 2.54. The molecule has 0 aliphatic carbocycles. The maximum absolute atomic E-state index is 5.79. The molecule has 0 saturated heterocycles. The van der Waals surface area contributed by atoms with E-state index in [0.29, 0.717) is 11.7 Å². The van der Waals surface area contributed by atoms with Gasteiger partial charge in [-0.25, -0.2) is 9.98 Å². The van der Waals surface area contributed by atoms with Gasteiger partial charge >= 0.3 is 0 Å². The van der Waals surface area contributed by atoms with Crippen LogP contribution in [0, 0.1) is 6.92 Å². The van der Waals surface area contributed by atoms with Gasteiger partial charge in [0.25, 0.3) is 0 Å². The van der Waals surface area contributed by atoms with Crippen LogP contribution in [-0.4, -0.2) is 24.0 Å². The zero-order valence-electron chi connectivity index (χ0n) is 13.6. The lowest BCUT2D eigenvalue weighted by molar-refractivity contribution is 0.798. The number of aryl methyl sites for hydroxylation is 1. The first-order chi connectivity index (χ1) is 11.2. The van der Waals surface area contributed by atoms with Crippen LogP contribution < -0.4 is 10.6 Å². The Bertz CT molecular complexity index is 638. The van der Waals surface area contributed by atoms with Crippen LogP contribution >= 0.6 is 11.6 Å². The number of hydrogen-bond acceptors (Lipinski definition) is 2. The Kier molecular flexibility index (Phi) is 6.88. The van der Waals surface area contributed by atoms with Crippen LogP contribution in [0.5, 0.6) is 0 Å². The molecule has 4 nitrogen and oxygen atoms in total. The summed E-state index contributed by atoms with van der Waals surface area (Å²) in [4.78, 5) is 8.72.